The van der Waals surface area contributed by atoms with Crippen LogP contribution in [0, 0.1) is 6.92 Å². The number of ether oxygens (including phenoxy) is 1. The van der Waals surface area contributed by atoms with Crippen molar-refractivity contribution >= 4 is 28.4 Å². The minimum atomic E-state index is -4.55. The fourth-order valence-corrected chi connectivity index (χ4v) is 5.88. The number of carbonyl (C=O) groups is 1. The number of aryl methyl sites for hydroxylation is 2. The number of alkyl halides is 3. The van der Waals surface area contributed by atoms with Crippen LogP contribution < -0.4 is 15.8 Å². The third-order valence-corrected chi connectivity index (χ3v) is 8.01. The average molecular weight is 616 g/mol. The van der Waals surface area contributed by atoms with Crippen LogP contribution in [0.15, 0.2) is 61.1 Å². The van der Waals surface area contributed by atoms with Crippen molar-refractivity contribution in [2.75, 3.05) is 31.2 Å². The Kier molecular flexibility index (Phi) is 7.92. The van der Waals surface area contributed by atoms with E-state index in [2.05, 4.69) is 25.3 Å². The van der Waals surface area contributed by atoms with Gasteiger partial charge in [0.1, 0.15) is 5.75 Å². The molecule has 6 rings (SSSR count). The van der Waals surface area contributed by atoms with Crippen molar-refractivity contribution in [3.05, 3.63) is 83.3 Å². The molecular weight excluding hydrogens is 583 g/mol. The number of benzene rings is 3. The maximum absolute atomic E-state index is 13.8. The summed E-state index contributed by atoms with van der Waals surface area (Å²) in [5.74, 6) is 0.0696. The lowest BCUT2D eigenvalue weighted by Crippen LogP contribution is -2.19. The van der Waals surface area contributed by atoms with Gasteiger partial charge in [-0.15, -0.1) is 0 Å². The van der Waals surface area contributed by atoms with Crippen LogP contribution in [0.3, 0.4) is 0 Å². The van der Waals surface area contributed by atoms with Gasteiger partial charge in [0.05, 0.1) is 30.0 Å². The normalized spacial score (nSPS) is 13.8. The van der Waals surface area contributed by atoms with Crippen molar-refractivity contribution in [1.82, 2.24) is 24.6 Å². The first-order valence-corrected chi connectivity index (χ1v) is 14.5. The third-order valence-electron chi connectivity index (χ3n) is 8.01. The zero-order valence-electron chi connectivity index (χ0n) is 25.1. The molecular formula is C33H32F3N7O2. The van der Waals surface area contributed by atoms with Crippen LogP contribution in [-0.2, 0) is 19.8 Å². The molecule has 232 valence electrons. The van der Waals surface area contributed by atoms with Crippen LogP contribution >= 0.6 is 0 Å². The van der Waals surface area contributed by atoms with Gasteiger partial charge in [-0.2, -0.15) is 18.3 Å². The molecule has 1 aliphatic heterocycles. The summed E-state index contributed by atoms with van der Waals surface area (Å²) in [5, 5.41) is 7.71. The second-order valence-electron chi connectivity index (χ2n) is 11.3. The monoisotopic (exact) mass is 615 g/mol. The van der Waals surface area contributed by atoms with Crippen LogP contribution in [-0.4, -0.2) is 50.8 Å². The van der Waals surface area contributed by atoms with Gasteiger partial charge in [0, 0.05) is 53.8 Å². The molecule has 0 radical (unpaired) electrons. The average Bonchev–Trinajstić information content (AvgIpc) is 3.67. The number of nitrogens with one attached hydrogen (secondary N) is 1. The van der Waals surface area contributed by atoms with Crippen molar-refractivity contribution < 1.29 is 22.7 Å². The lowest BCUT2D eigenvalue weighted by atomic mass is 9.92. The predicted molar refractivity (Wildman–Crippen MR) is 167 cm³/mol. The van der Waals surface area contributed by atoms with E-state index in [1.54, 1.807) is 55.5 Å². The lowest BCUT2D eigenvalue weighted by Gasteiger charge is -2.19. The van der Waals surface area contributed by atoms with Gasteiger partial charge in [0.2, 0.25) is 5.95 Å². The molecule has 9 nitrogen and oxygen atoms in total. The number of carbonyl (C=O) groups excluding carboxylic acids is 1. The number of hydrogen-bond acceptors (Lipinski definition) is 7. The quantitative estimate of drug-likeness (QED) is 0.216. The number of likely N-dealkylation sites (tertiary alicyclic amines) is 1. The Morgan fingerprint density at radius 1 is 1.07 bits per heavy atom. The molecule has 12 heteroatoms. The summed E-state index contributed by atoms with van der Waals surface area (Å²) in [5.41, 5.74) is 10.2. The number of nitrogens with two attached hydrogens (primary N) is 1. The Bertz CT molecular complexity index is 1910. The first kappa shape index (κ1) is 30.1. The standard InChI is InChI=1S/C33H32F3N7O2/c1-19-6-7-21(31(44)40-25-11-20(17-43-8-4-5-9-43)10-24(14-25)33(34,35)36)12-26(19)27-13-22-15-38-32(37)41-29(22)28(30(27)45-3)23-16-39-42(2)18-23/h6-7,10-16,18H,4-5,8-9,17H2,1-3H3,(H,40,44)(H2,37,38,41). The van der Waals surface area contributed by atoms with Crippen molar-refractivity contribution in [1.29, 1.82) is 0 Å². The summed E-state index contributed by atoms with van der Waals surface area (Å²) in [4.78, 5) is 24.3. The highest BCUT2D eigenvalue weighted by Gasteiger charge is 2.32. The Balaban J connectivity index is 1.41. The molecule has 0 atom stereocenters. The van der Waals surface area contributed by atoms with Gasteiger partial charge in [0.25, 0.3) is 5.91 Å². The Labute approximate surface area is 257 Å². The van der Waals surface area contributed by atoms with Gasteiger partial charge in [-0.05, 0) is 85.9 Å². The molecule has 0 bridgehead atoms. The first-order valence-electron chi connectivity index (χ1n) is 14.5. The molecule has 1 fully saturated rings. The van der Waals surface area contributed by atoms with Crippen LogP contribution in [0.25, 0.3) is 33.2 Å². The second-order valence-corrected chi connectivity index (χ2v) is 11.3. The van der Waals surface area contributed by atoms with E-state index in [1.807, 2.05) is 19.2 Å². The maximum atomic E-state index is 13.8. The molecule has 3 heterocycles. The van der Waals surface area contributed by atoms with Crippen LogP contribution in [0.1, 0.15) is 39.9 Å². The molecule has 3 N–H and O–H groups in total. The zero-order valence-corrected chi connectivity index (χ0v) is 25.1. The van der Waals surface area contributed by atoms with E-state index < -0.39 is 17.6 Å². The number of nitrogens with zero attached hydrogens (tertiary/aromatic N) is 5. The SMILES string of the molecule is COc1c(-c2cc(C(=O)Nc3cc(CN4CCCC4)cc(C(F)(F)F)c3)ccc2C)cc2cnc(N)nc2c1-c1cnn(C)c1. The Hall–Kier alpha value is -4.97. The highest BCUT2D eigenvalue weighted by molar-refractivity contribution is 6.07. The number of amides is 1. The largest absolute Gasteiger partial charge is 0.495 e. The predicted octanol–water partition coefficient (Wildman–Crippen LogP) is 6.46. The summed E-state index contributed by atoms with van der Waals surface area (Å²) in [6.45, 7) is 3.97. The molecule has 1 saturated heterocycles. The van der Waals surface area contributed by atoms with Gasteiger partial charge >= 0.3 is 6.18 Å². The van der Waals surface area contributed by atoms with Crippen molar-refractivity contribution in [3.63, 3.8) is 0 Å². The van der Waals surface area contributed by atoms with E-state index in [9.17, 15) is 18.0 Å². The number of halogens is 3. The zero-order chi connectivity index (χ0) is 31.9. The molecule has 5 aromatic rings. The smallest absolute Gasteiger partial charge is 0.416 e. The molecule has 3 aromatic carbocycles. The number of hydrogen-bond donors (Lipinski definition) is 2. The van der Waals surface area contributed by atoms with Gasteiger partial charge in [0.15, 0.2) is 0 Å². The lowest BCUT2D eigenvalue weighted by molar-refractivity contribution is -0.137. The maximum Gasteiger partial charge on any atom is 0.416 e. The minimum absolute atomic E-state index is 0.0861. The highest BCUT2D eigenvalue weighted by atomic mass is 19.4. The molecule has 2 aromatic heterocycles. The van der Waals surface area contributed by atoms with Gasteiger partial charge in [-0.25, -0.2) is 9.97 Å². The van der Waals surface area contributed by atoms with E-state index in [-0.39, 0.29) is 17.2 Å². The Morgan fingerprint density at radius 3 is 2.53 bits per heavy atom. The third kappa shape index (κ3) is 6.18. The minimum Gasteiger partial charge on any atom is -0.495 e. The van der Waals surface area contributed by atoms with E-state index in [0.29, 0.717) is 45.5 Å². The van der Waals surface area contributed by atoms with Crippen molar-refractivity contribution in [3.8, 4) is 28.0 Å². The summed E-state index contributed by atoms with van der Waals surface area (Å²) >= 11 is 0. The summed E-state index contributed by atoms with van der Waals surface area (Å²) < 4.78 is 49.0. The van der Waals surface area contributed by atoms with Gasteiger partial charge in [-0.1, -0.05) is 6.07 Å². The van der Waals surface area contributed by atoms with E-state index in [1.165, 1.54) is 0 Å². The Morgan fingerprint density at radius 2 is 1.84 bits per heavy atom. The molecule has 1 aliphatic rings. The van der Waals surface area contributed by atoms with Crippen molar-refractivity contribution in [2.45, 2.75) is 32.5 Å². The number of fused-ring (bicyclic) bond motifs is 1. The molecule has 1 amide bonds. The number of methoxy groups -OCH3 is 1. The molecule has 0 aliphatic carbocycles. The fraction of sp³-hybridized carbons (Fsp3) is 0.273. The van der Waals surface area contributed by atoms with E-state index in [0.717, 1.165) is 49.2 Å². The molecule has 0 spiro atoms. The number of rotatable bonds is 7. The van der Waals surface area contributed by atoms with E-state index >= 15 is 0 Å². The first-order chi connectivity index (χ1) is 21.5. The molecule has 0 unspecified atom stereocenters. The van der Waals surface area contributed by atoms with E-state index in [4.69, 9.17) is 10.5 Å². The topological polar surface area (TPSA) is 111 Å². The highest BCUT2D eigenvalue weighted by Crippen LogP contribution is 2.44. The summed E-state index contributed by atoms with van der Waals surface area (Å²) in [7, 11) is 3.35. The number of nitrogen functional groups attached to an aromatic ring is 1. The van der Waals surface area contributed by atoms with Crippen LogP contribution in [0.4, 0.5) is 24.8 Å². The molecule has 0 saturated carbocycles. The van der Waals surface area contributed by atoms with Crippen molar-refractivity contribution in [2.24, 2.45) is 7.05 Å². The van der Waals surface area contributed by atoms with Gasteiger partial charge in [-0.3, -0.25) is 14.4 Å². The summed E-state index contributed by atoms with van der Waals surface area (Å²) in [6, 6.07) is 10.8. The number of anilines is 2. The van der Waals surface area contributed by atoms with Crippen LogP contribution in [0.5, 0.6) is 5.75 Å². The fourth-order valence-electron chi connectivity index (χ4n) is 5.88. The van der Waals surface area contributed by atoms with Crippen LogP contribution in [0.2, 0.25) is 0 Å². The van der Waals surface area contributed by atoms with Gasteiger partial charge < -0.3 is 15.8 Å². The number of aromatic nitrogens is 4. The summed E-state index contributed by atoms with van der Waals surface area (Å²) in [6.07, 6.45) is 2.65. The molecule has 45 heavy (non-hydrogen) atoms. The second kappa shape index (κ2) is 11.8.